The van der Waals surface area contributed by atoms with Crippen molar-refractivity contribution in [3.8, 4) is 0 Å². The molecule has 1 aliphatic rings. The van der Waals surface area contributed by atoms with Gasteiger partial charge in [0, 0.05) is 51.3 Å². The van der Waals surface area contributed by atoms with Crippen LogP contribution >= 0.6 is 12.4 Å². The van der Waals surface area contributed by atoms with Gasteiger partial charge in [0.1, 0.15) is 5.82 Å². The number of nitrogens with zero attached hydrogens (tertiary/aromatic N) is 5. The molecule has 0 spiro atoms. The van der Waals surface area contributed by atoms with Gasteiger partial charge in [-0.3, -0.25) is 19.3 Å². The van der Waals surface area contributed by atoms with Gasteiger partial charge in [-0.25, -0.2) is 9.40 Å². The van der Waals surface area contributed by atoms with Crippen LogP contribution in [0.3, 0.4) is 0 Å². The summed E-state index contributed by atoms with van der Waals surface area (Å²) < 4.78 is 15.5. The molecule has 0 aliphatic carbocycles. The van der Waals surface area contributed by atoms with Crippen molar-refractivity contribution in [3.63, 3.8) is 0 Å². The second kappa shape index (κ2) is 12.6. The normalized spacial score (nSPS) is 12.8. The molecule has 11 heteroatoms. The SMILES string of the molecule is CCNCCNC(=O)CN(CC(=O)N(C)N1Cc2ccc(F)cc2C1)c1cc2c(cc1C)c(C)nn2C.Cl. The van der Waals surface area contributed by atoms with E-state index in [2.05, 4.69) is 21.8 Å². The number of rotatable bonds is 10. The lowest BCUT2D eigenvalue weighted by molar-refractivity contribution is -0.145. The lowest BCUT2D eigenvalue weighted by Crippen LogP contribution is -2.48. The molecule has 1 aromatic heterocycles. The Kier molecular flexibility index (Phi) is 9.70. The summed E-state index contributed by atoms with van der Waals surface area (Å²) in [5.41, 5.74) is 5.53. The average Bonchev–Trinajstić information content (AvgIpc) is 3.40. The van der Waals surface area contributed by atoms with Gasteiger partial charge in [-0.2, -0.15) is 5.10 Å². The van der Waals surface area contributed by atoms with Gasteiger partial charge >= 0.3 is 0 Å². The topological polar surface area (TPSA) is 85.7 Å². The van der Waals surface area contributed by atoms with E-state index in [1.807, 2.05) is 48.5 Å². The Labute approximate surface area is 229 Å². The highest BCUT2D eigenvalue weighted by Crippen LogP contribution is 2.29. The number of halogens is 2. The van der Waals surface area contributed by atoms with Crippen molar-refractivity contribution in [1.29, 1.82) is 0 Å². The van der Waals surface area contributed by atoms with Gasteiger partial charge < -0.3 is 15.5 Å². The molecule has 3 aromatic rings. The van der Waals surface area contributed by atoms with Crippen LogP contribution in [0.25, 0.3) is 10.9 Å². The number of carbonyl (C=O) groups excluding carboxylic acids is 2. The highest BCUT2D eigenvalue weighted by Gasteiger charge is 2.27. The van der Waals surface area contributed by atoms with Crippen molar-refractivity contribution in [3.05, 3.63) is 58.5 Å². The molecule has 9 nitrogen and oxygen atoms in total. The van der Waals surface area contributed by atoms with E-state index in [1.165, 1.54) is 12.1 Å². The zero-order chi connectivity index (χ0) is 26.7. The number of aromatic nitrogens is 2. The van der Waals surface area contributed by atoms with E-state index in [9.17, 15) is 14.0 Å². The largest absolute Gasteiger partial charge is 0.353 e. The summed E-state index contributed by atoms with van der Waals surface area (Å²) in [7, 11) is 3.61. The number of hydrazine groups is 1. The molecule has 0 bridgehead atoms. The van der Waals surface area contributed by atoms with Crippen LogP contribution in [-0.4, -0.2) is 71.4 Å². The number of amides is 2. The van der Waals surface area contributed by atoms with Crippen LogP contribution in [0.5, 0.6) is 0 Å². The van der Waals surface area contributed by atoms with Gasteiger partial charge in [0.2, 0.25) is 5.91 Å². The minimum atomic E-state index is -0.280. The lowest BCUT2D eigenvalue weighted by Gasteiger charge is -2.32. The van der Waals surface area contributed by atoms with Gasteiger partial charge in [-0.05, 0) is 61.3 Å². The fourth-order valence-corrected chi connectivity index (χ4v) is 4.82. The highest BCUT2D eigenvalue weighted by atomic mass is 35.5. The van der Waals surface area contributed by atoms with E-state index in [-0.39, 0.29) is 43.1 Å². The number of benzene rings is 2. The minimum Gasteiger partial charge on any atom is -0.353 e. The predicted molar refractivity (Wildman–Crippen MR) is 150 cm³/mol. The number of hydrogen-bond acceptors (Lipinski definition) is 6. The highest BCUT2D eigenvalue weighted by molar-refractivity contribution is 5.91. The van der Waals surface area contributed by atoms with E-state index >= 15 is 0 Å². The first-order chi connectivity index (χ1) is 17.7. The second-order valence-corrected chi connectivity index (χ2v) is 9.58. The van der Waals surface area contributed by atoms with Gasteiger partial charge in [-0.1, -0.05) is 13.0 Å². The Morgan fingerprint density at radius 3 is 2.55 bits per heavy atom. The number of aryl methyl sites for hydroxylation is 3. The van der Waals surface area contributed by atoms with Crippen LogP contribution in [0.1, 0.15) is 29.3 Å². The van der Waals surface area contributed by atoms with Crippen LogP contribution in [0.15, 0.2) is 30.3 Å². The number of carbonyl (C=O) groups is 2. The maximum absolute atomic E-state index is 13.7. The van der Waals surface area contributed by atoms with Crippen LogP contribution in [-0.2, 0) is 29.7 Å². The second-order valence-electron chi connectivity index (χ2n) is 9.58. The number of hydrogen-bond donors (Lipinski definition) is 2. The molecule has 38 heavy (non-hydrogen) atoms. The maximum Gasteiger partial charge on any atom is 0.256 e. The third-order valence-corrected chi connectivity index (χ3v) is 6.89. The monoisotopic (exact) mass is 545 g/mol. The molecule has 2 amide bonds. The molecule has 2 aromatic carbocycles. The van der Waals surface area contributed by atoms with Gasteiger partial charge in [0.05, 0.1) is 24.3 Å². The third kappa shape index (κ3) is 6.43. The molecule has 1 aliphatic heterocycles. The minimum absolute atomic E-state index is 0. The number of anilines is 1. The van der Waals surface area contributed by atoms with Gasteiger partial charge in [0.15, 0.2) is 0 Å². The molecular weight excluding hydrogens is 509 g/mol. The van der Waals surface area contributed by atoms with E-state index in [0.717, 1.165) is 45.5 Å². The summed E-state index contributed by atoms with van der Waals surface area (Å²) >= 11 is 0. The van der Waals surface area contributed by atoms with Crippen molar-refractivity contribution >= 4 is 40.8 Å². The predicted octanol–water partition coefficient (Wildman–Crippen LogP) is 2.67. The summed E-state index contributed by atoms with van der Waals surface area (Å²) in [6.45, 7) is 9.03. The Balaban J connectivity index is 0.00000400. The molecule has 0 unspecified atom stereocenters. The number of fused-ring (bicyclic) bond motifs is 2. The number of likely N-dealkylation sites (N-methyl/N-ethyl adjacent to an activating group) is 2. The Hall–Kier alpha value is -3.21. The first-order valence-electron chi connectivity index (χ1n) is 12.6. The molecule has 0 fully saturated rings. The molecule has 0 atom stereocenters. The van der Waals surface area contributed by atoms with E-state index < -0.39 is 0 Å². The van der Waals surface area contributed by atoms with Crippen molar-refractivity contribution in [1.82, 2.24) is 30.4 Å². The lowest BCUT2D eigenvalue weighted by atomic mass is 10.1. The Bertz CT molecular complexity index is 1310. The fourth-order valence-electron chi connectivity index (χ4n) is 4.82. The smallest absolute Gasteiger partial charge is 0.256 e. The maximum atomic E-state index is 13.7. The van der Waals surface area contributed by atoms with Crippen LogP contribution in [0.4, 0.5) is 10.1 Å². The van der Waals surface area contributed by atoms with Crippen LogP contribution in [0, 0.1) is 19.7 Å². The summed E-state index contributed by atoms with van der Waals surface area (Å²) in [6, 6.07) is 8.79. The summed E-state index contributed by atoms with van der Waals surface area (Å²) in [4.78, 5) is 28.1. The van der Waals surface area contributed by atoms with E-state index in [4.69, 9.17) is 0 Å². The molecule has 0 saturated carbocycles. The quantitative estimate of drug-likeness (QED) is 0.381. The standard InChI is InChI=1S/C27H36FN7O2.ClH/c1-6-29-9-10-30-26(36)16-34(24-13-25-23(11-18(24)2)19(3)31-32(25)4)17-27(37)33(5)35-14-20-7-8-22(28)12-21(20)15-35;/h7-8,11-13,29H,6,9-10,14-17H2,1-5H3,(H,30,36);1H. The van der Waals surface area contributed by atoms with Crippen molar-refractivity contribution in [2.75, 3.05) is 44.7 Å². The van der Waals surface area contributed by atoms with Crippen molar-refractivity contribution < 1.29 is 14.0 Å². The van der Waals surface area contributed by atoms with E-state index in [1.54, 1.807) is 18.1 Å². The zero-order valence-corrected chi connectivity index (χ0v) is 23.5. The Morgan fingerprint density at radius 1 is 1.08 bits per heavy atom. The summed E-state index contributed by atoms with van der Waals surface area (Å²) in [5, 5.41) is 15.2. The van der Waals surface area contributed by atoms with Gasteiger partial charge in [0.25, 0.3) is 5.91 Å². The molecule has 206 valence electrons. The average molecular weight is 546 g/mol. The third-order valence-electron chi connectivity index (χ3n) is 6.89. The molecule has 0 saturated heterocycles. The first-order valence-corrected chi connectivity index (χ1v) is 12.6. The molecular formula is C27H37ClFN7O2. The van der Waals surface area contributed by atoms with Crippen molar-refractivity contribution in [2.24, 2.45) is 7.05 Å². The zero-order valence-electron chi connectivity index (χ0n) is 22.7. The molecule has 2 heterocycles. The van der Waals surface area contributed by atoms with E-state index in [0.29, 0.717) is 26.2 Å². The van der Waals surface area contributed by atoms with Gasteiger partial charge in [-0.15, -0.1) is 12.4 Å². The summed E-state index contributed by atoms with van der Waals surface area (Å²) in [5.74, 6) is -0.593. The van der Waals surface area contributed by atoms with Crippen LogP contribution in [0.2, 0.25) is 0 Å². The summed E-state index contributed by atoms with van der Waals surface area (Å²) in [6.07, 6.45) is 0. The fraction of sp³-hybridized carbons (Fsp3) is 0.444. The van der Waals surface area contributed by atoms with Crippen molar-refractivity contribution in [2.45, 2.75) is 33.9 Å². The molecule has 4 rings (SSSR count). The Morgan fingerprint density at radius 2 is 1.82 bits per heavy atom. The number of nitrogens with one attached hydrogen (secondary N) is 2. The molecule has 0 radical (unpaired) electrons. The van der Waals surface area contributed by atoms with Crippen LogP contribution < -0.4 is 15.5 Å². The molecule has 2 N–H and O–H groups in total. The first kappa shape index (κ1) is 29.3.